The van der Waals surface area contributed by atoms with Crippen LogP contribution in [0.1, 0.15) is 0 Å². The maximum Gasteiger partial charge on any atom is 0.420 e. The molecular weight excluding hydrogens is 368 g/mol. The highest BCUT2D eigenvalue weighted by Gasteiger charge is 2.15. The van der Waals surface area contributed by atoms with Gasteiger partial charge in [0.1, 0.15) is 18.0 Å². The summed E-state index contributed by atoms with van der Waals surface area (Å²) in [5.74, 6) is -1.04. The number of nitrogens with zero attached hydrogens (tertiary/aromatic N) is 1. The lowest BCUT2D eigenvalue weighted by molar-refractivity contribution is -0.147. The summed E-state index contributed by atoms with van der Waals surface area (Å²) in [5, 5.41) is 2.58. The van der Waals surface area contributed by atoms with Crippen LogP contribution in [0.15, 0.2) is 51.7 Å². The molecule has 28 heavy (non-hydrogen) atoms. The zero-order chi connectivity index (χ0) is 20.1. The maximum atomic E-state index is 12.1. The van der Waals surface area contributed by atoms with Crippen molar-refractivity contribution in [1.82, 2.24) is 4.57 Å². The van der Waals surface area contributed by atoms with E-state index in [1.54, 1.807) is 42.5 Å². The lowest BCUT2D eigenvalue weighted by atomic mass is 10.2. The molecule has 0 aliphatic rings. The van der Waals surface area contributed by atoms with Gasteiger partial charge in [-0.2, -0.15) is 0 Å². The number of anilines is 1. The van der Waals surface area contributed by atoms with E-state index in [2.05, 4.69) is 5.32 Å². The Morgan fingerprint density at radius 3 is 2.64 bits per heavy atom. The lowest BCUT2D eigenvalue weighted by Gasteiger charge is -2.12. The van der Waals surface area contributed by atoms with E-state index in [4.69, 9.17) is 18.6 Å². The van der Waals surface area contributed by atoms with Crippen molar-refractivity contribution in [3.8, 4) is 11.5 Å². The normalized spacial score (nSPS) is 10.5. The molecule has 0 radical (unpaired) electrons. The van der Waals surface area contributed by atoms with Crippen LogP contribution in [-0.2, 0) is 20.9 Å². The van der Waals surface area contributed by atoms with Crippen LogP contribution in [0, 0.1) is 0 Å². The zero-order valence-electron chi connectivity index (χ0n) is 15.3. The highest BCUT2D eigenvalue weighted by atomic mass is 16.5. The Bertz CT molecular complexity index is 1070. The lowest BCUT2D eigenvalue weighted by Crippen LogP contribution is -2.26. The van der Waals surface area contributed by atoms with Crippen molar-refractivity contribution < 1.29 is 28.2 Å². The van der Waals surface area contributed by atoms with Crippen LogP contribution < -0.4 is 20.5 Å². The summed E-state index contributed by atoms with van der Waals surface area (Å²) in [5.41, 5.74) is 1.21. The van der Waals surface area contributed by atoms with Gasteiger partial charge >= 0.3 is 11.7 Å². The number of ether oxygens (including phenoxy) is 3. The van der Waals surface area contributed by atoms with Gasteiger partial charge in [-0.25, -0.2) is 4.79 Å². The van der Waals surface area contributed by atoms with E-state index in [9.17, 15) is 14.4 Å². The third-order valence-electron chi connectivity index (χ3n) is 3.91. The van der Waals surface area contributed by atoms with Gasteiger partial charge in [0.25, 0.3) is 5.91 Å². The summed E-state index contributed by atoms with van der Waals surface area (Å²) >= 11 is 0. The van der Waals surface area contributed by atoms with Crippen molar-refractivity contribution in [3.05, 3.63) is 53.0 Å². The number of fused-ring (bicyclic) bond motifs is 1. The monoisotopic (exact) mass is 386 g/mol. The van der Waals surface area contributed by atoms with Crippen molar-refractivity contribution in [2.75, 3.05) is 26.1 Å². The molecule has 0 saturated heterocycles. The fraction of sp³-hybridized carbons (Fsp3) is 0.211. The molecule has 0 aliphatic heterocycles. The number of benzene rings is 2. The molecule has 146 valence electrons. The molecule has 1 N–H and O–H groups in total. The van der Waals surface area contributed by atoms with Gasteiger partial charge in [-0.15, -0.1) is 0 Å². The molecule has 9 heteroatoms. The minimum Gasteiger partial charge on any atom is -0.497 e. The van der Waals surface area contributed by atoms with Gasteiger partial charge in [-0.3, -0.25) is 14.2 Å². The van der Waals surface area contributed by atoms with E-state index in [-0.39, 0.29) is 6.54 Å². The quantitative estimate of drug-likeness (QED) is 0.617. The third kappa shape index (κ3) is 4.14. The summed E-state index contributed by atoms with van der Waals surface area (Å²) in [6.45, 7) is -0.894. The first-order valence-electron chi connectivity index (χ1n) is 8.27. The van der Waals surface area contributed by atoms with Crippen LogP contribution in [0.3, 0.4) is 0 Å². The second-order valence-corrected chi connectivity index (χ2v) is 5.70. The summed E-state index contributed by atoms with van der Waals surface area (Å²) in [4.78, 5) is 36.0. The fourth-order valence-electron chi connectivity index (χ4n) is 2.58. The van der Waals surface area contributed by atoms with Crippen LogP contribution in [0.4, 0.5) is 5.69 Å². The number of hydrogen-bond acceptors (Lipinski definition) is 7. The third-order valence-corrected chi connectivity index (χ3v) is 3.91. The molecule has 0 atom stereocenters. The number of carbonyl (C=O) groups is 2. The van der Waals surface area contributed by atoms with Gasteiger partial charge in [0.15, 0.2) is 12.2 Å². The molecule has 0 spiro atoms. The molecule has 1 amide bonds. The van der Waals surface area contributed by atoms with Gasteiger partial charge < -0.3 is 23.9 Å². The Balaban J connectivity index is 1.61. The number of esters is 1. The number of methoxy groups -OCH3 is 2. The summed E-state index contributed by atoms with van der Waals surface area (Å²) in [6.07, 6.45) is 0. The predicted molar refractivity (Wildman–Crippen MR) is 99.6 cm³/mol. The Morgan fingerprint density at radius 1 is 1.11 bits per heavy atom. The number of aromatic nitrogens is 1. The standard InChI is InChI=1S/C19H18N2O7/c1-25-12-7-8-15(26-2)13(9-12)20-17(22)11-27-18(23)10-21-14-5-3-4-6-16(14)28-19(21)24/h3-9H,10-11H2,1-2H3,(H,20,22). The second kappa shape index (κ2) is 8.30. The number of oxazole rings is 1. The summed E-state index contributed by atoms with van der Waals surface area (Å²) < 4.78 is 21.4. The fourth-order valence-corrected chi connectivity index (χ4v) is 2.58. The van der Waals surface area contributed by atoms with Crippen molar-refractivity contribution in [3.63, 3.8) is 0 Å². The smallest absolute Gasteiger partial charge is 0.420 e. The topological polar surface area (TPSA) is 109 Å². The van der Waals surface area contributed by atoms with Crippen molar-refractivity contribution in [2.24, 2.45) is 0 Å². The van der Waals surface area contributed by atoms with Crippen LogP contribution >= 0.6 is 0 Å². The molecule has 0 fully saturated rings. The first kappa shape index (κ1) is 19.0. The first-order chi connectivity index (χ1) is 13.5. The predicted octanol–water partition coefficient (Wildman–Crippen LogP) is 1.79. The maximum absolute atomic E-state index is 12.1. The molecule has 0 bridgehead atoms. The Hall–Kier alpha value is -3.75. The summed E-state index contributed by atoms with van der Waals surface area (Å²) in [6, 6.07) is 11.6. The van der Waals surface area contributed by atoms with E-state index in [1.165, 1.54) is 14.2 Å². The Labute approximate surface area is 159 Å². The molecule has 0 unspecified atom stereocenters. The van der Waals surface area contributed by atoms with Crippen LogP contribution in [-0.4, -0.2) is 37.3 Å². The van der Waals surface area contributed by atoms with Crippen LogP contribution in [0.5, 0.6) is 11.5 Å². The number of para-hydroxylation sites is 2. The van der Waals surface area contributed by atoms with Gasteiger partial charge in [0.05, 0.1) is 25.4 Å². The van der Waals surface area contributed by atoms with Crippen molar-refractivity contribution >= 4 is 28.7 Å². The van der Waals surface area contributed by atoms with E-state index in [0.717, 1.165) is 4.57 Å². The Morgan fingerprint density at radius 2 is 1.89 bits per heavy atom. The van der Waals surface area contributed by atoms with Crippen molar-refractivity contribution in [1.29, 1.82) is 0 Å². The number of carbonyl (C=O) groups excluding carboxylic acids is 2. The molecule has 0 aliphatic carbocycles. The number of nitrogens with one attached hydrogen (secondary N) is 1. The molecule has 3 aromatic rings. The van der Waals surface area contributed by atoms with E-state index in [0.29, 0.717) is 28.3 Å². The number of hydrogen-bond donors (Lipinski definition) is 1. The van der Waals surface area contributed by atoms with Crippen LogP contribution in [0.2, 0.25) is 0 Å². The number of amides is 1. The minimum atomic E-state index is -0.749. The van der Waals surface area contributed by atoms with Gasteiger partial charge in [-0.05, 0) is 24.3 Å². The summed E-state index contributed by atoms with van der Waals surface area (Å²) in [7, 11) is 2.96. The Kier molecular flexibility index (Phi) is 5.64. The minimum absolute atomic E-state index is 0.364. The van der Waals surface area contributed by atoms with Crippen molar-refractivity contribution in [2.45, 2.75) is 6.54 Å². The molecule has 2 aromatic carbocycles. The highest BCUT2D eigenvalue weighted by Crippen LogP contribution is 2.28. The zero-order valence-corrected chi connectivity index (χ0v) is 15.3. The highest BCUT2D eigenvalue weighted by molar-refractivity contribution is 5.94. The van der Waals surface area contributed by atoms with E-state index >= 15 is 0 Å². The SMILES string of the molecule is COc1ccc(OC)c(NC(=O)COC(=O)Cn2c(=O)oc3ccccc32)c1. The largest absolute Gasteiger partial charge is 0.497 e. The van der Waals surface area contributed by atoms with Gasteiger partial charge in [0.2, 0.25) is 0 Å². The van der Waals surface area contributed by atoms with E-state index in [1.807, 2.05) is 0 Å². The molecule has 0 saturated carbocycles. The van der Waals surface area contributed by atoms with Gasteiger partial charge in [-0.1, -0.05) is 12.1 Å². The molecule has 9 nitrogen and oxygen atoms in total. The average molecular weight is 386 g/mol. The van der Waals surface area contributed by atoms with E-state index < -0.39 is 24.2 Å². The number of rotatable bonds is 7. The van der Waals surface area contributed by atoms with Crippen LogP contribution in [0.25, 0.3) is 11.1 Å². The second-order valence-electron chi connectivity index (χ2n) is 5.70. The average Bonchev–Trinajstić information content (AvgIpc) is 3.01. The molecule has 1 aromatic heterocycles. The van der Waals surface area contributed by atoms with Gasteiger partial charge in [0, 0.05) is 6.07 Å². The molecular formula is C19H18N2O7. The molecule has 1 heterocycles. The molecule has 3 rings (SSSR count). The first-order valence-corrected chi connectivity index (χ1v) is 8.27.